The lowest BCUT2D eigenvalue weighted by Gasteiger charge is -2.23. The molecule has 1 aromatic rings. The van der Waals surface area contributed by atoms with E-state index in [2.05, 4.69) is 20.8 Å². The van der Waals surface area contributed by atoms with E-state index in [9.17, 15) is 8.42 Å². The van der Waals surface area contributed by atoms with E-state index in [0.717, 1.165) is 12.0 Å². The number of rotatable bonds is 6. The Balaban J connectivity index is 2.97. The fraction of sp³-hybridized carbons (Fsp3) is 0.571. The zero-order valence-corrected chi connectivity index (χ0v) is 12.4. The van der Waals surface area contributed by atoms with E-state index in [1.54, 1.807) is 6.07 Å². The van der Waals surface area contributed by atoms with Gasteiger partial charge in [-0.3, -0.25) is 0 Å². The molecule has 0 saturated heterocycles. The molecule has 0 radical (unpaired) electrons. The van der Waals surface area contributed by atoms with Gasteiger partial charge >= 0.3 is 10.1 Å². The normalized spacial score (nSPS) is 12.4. The van der Waals surface area contributed by atoms with Crippen LogP contribution >= 0.6 is 0 Å². The smallest absolute Gasteiger partial charge is 0.309 e. The molecular weight excluding hydrogens is 248 g/mol. The van der Waals surface area contributed by atoms with E-state index in [0.29, 0.717) is 12.2 Å². The van der Waals surface area contributed by atoms with Gasteiger partial charge in [-0.2, -0.15) is 8.42 Å². The standard InChI is InChI=1S/C14H22O3S/c1-5-10-18(15,16)17-13-9-7-8-12(11-13)14(3,4)6-2/h7-9,11H,5-6,10H2,1-4H3. The molecule has 0 aliphatic rings. The van der Waals surface area contributed by atoms with Gasteiger partial charge in [-0.1, -0.05) is 39.8 Å². The average molecular weight is 270 g/mol. The summed E-state index contributed by atoms with van der Waals surface area (Å²) in [6, 6.07) is 7.34. The van der Waals surface area contributed by atoms with Crippen molar-refractivity contribution in [1.82, 2.24) is 0 Å². The average Bonchev–Trinajstić information content (AvgIpc) is 2.28. The van der Waals surface area contributed by atoms with E-state index in [1.807, 2.05) is 25.1 Å². The van der Waals surface area contributed by atoms with Crippen LogP contribution in [-0.4, -0.2) is 14.2 Å². The number of hydrogen-bond acceptors (Lipinski definition) is 3. The van der Waals surface area contributed by atoms with Crippen LogP contribution in [0.2, 0.25) is 0 Å². The van der Waals surface area contributed by atoms with Crippen LogP contribution in [0, 0.1) is 0 Å². The molecular formula is C14H22O3S. The first-order chi connectivity index (χ1) is 8.30. The lowest BCUT2D eigenvalue weighted by Crippen LogP contribution is -2.17. The van der Waals surface area contributed by atoms with Gasteiger partial charge in [-0.15, -0.1) is 0 Å². The van der Waals surface area contributed by atoms with Gasteiger partial charge in [0.15, 0.2) is 0 Å². The Kier molecular flexibility index (Phi) is 4.79. The molecule has 1 rings (SSSR count). The van der Waals surface area contributed by atoms with Crippen LogP contribution in [0.25, 0.3) is 0 Å². The van der Waals surface area contributed by atoms with E-state index in [4.69, 9.17) is 4.18 Å². The van der Waals surface area contributed by atoms with Gasteiger partial charge in [0.1, 0.15) is 5.75 Å². The minimum absolute atomic E-state index is 0.0217. The van der Waals surface area contributed by atoms with Crippen LogP contribution in [0.4, 0.5) is 0 Å². The Morgan fingerprint density at radius 1 is 1.22 bits per heavy atom. The molecule has 0 amide bonds. The molecule has 102 valence electrons. The van der Waals surface area contributed by atoms with Crippen molar-refractivity contribution in [3.63, 3.8) is 0 Å². The molecule has 4 heteroatoms. The second kappa shape index (κ2) is 5.74. The number of hydrogen-bond donors (Lipinski definition) is 0. The van der Waals surface area contributed by atoms with E-state index in [-0.39, 0.29) is 11.2 Å². The molecule has 0 spiro atoms. The Morgan fingerprint density at radius 2 is 1.89 bits per heavy atom. The summed E-state index contributed by atoms with van der Waals surface area (Å²) in [5.74, 6) is 0.455. The molecule has 0 aliphatic heterocycles. The quantitative estimate of drug-likeness (QED) is 0.743. The third kappa shape index (κ3) is 4.02. The molecule has 1 aromatic carbocycles. The highest BCUT2D eigenvalue weighted by Gasteiger charge is 2.19. The van der Waals surface area contributed by atoms with Gasteiger partial charge in [0.05, 0.1) is 5.75 Å². The fourth-order valence-corrected chi connectivity index (χ4v) is 2.59. The van der Waals surface area contributed by atoms with Crippen LogP contribution < -0.4 is 4.18 Å². The van der Waals surface area contributed by atoms with Gasteiger partial charge in [0, 0.05) is 0 Å². The third-order valence-corrected chi connectivity index (χ3v) is 4.53. The van der Waals surface area contributed by atoms with Crippen molar-refractivity contribution in [2.45, 2.75) is 46.0 Å². The summed E-state index contributed by atoms with van der Waals surface area (Å²) in [5.41, 5.74) is 1.11. The summed E-state index contributed by atoms with van der Waals surface area (Å²) in [5, 5.41) is 0. The molecule has 0 bridgehead atoms. The maximum atomic E-state index is 11.6. The molecule has 0 heterocycles. The van der Waals surface area contributed by atoms with Crippen LogP contribution in [0.15, 0.2) is 24.3 Å². The Morgan fingerprint density at radius 3 is 2.44 bits per heavy atom. The maximum absolute atomic E-state index is 11.6. The van der Waals surface area contributed by atoms with Crippen LogP contribution in [0.1, 0.15) is 46.1 Å². The minimum Gasteiger partial charge on any atom is -0.382 e. The monoisotopic (exact) mass is 270 g/mol. The Bertz CT molecular complexity index is 490. The fourth-order valence-electron chi connectivity index (χ4n) is 1.61. The van der Waals surface area contributed by atoms with Gasteiger partial charge in [-0.25, -0.2) is 0 Å². The third-order valence-electron chi connectivity index (χ3n) is 3.18. The van der Waals surface area contributed by atoms with Gasteiger partial charge in [0.2, 0.25) is 0 Å². The summed E-state index contributed by atoms with van der Waals surface area (Å²) in [6.45, 7) is 8.19. The molecule has 3 nitrogen and oxygen atoms in total. The molecule has 0 aliphatic carbocycles. The van der Waals surface area contributed by atoms with Gasteiger partial charge in [0.25, 0.3) is 0 Å². The van der Waals surface area contributed by atoms with Crippen molar-refractivity contribution in [3.8, 4) is 5.75 Å². The highest BCUT2D eigenvalue weighted by atomic mass is 32.2. The Hall–Kier alpha value is -1.03. The minimum atomic E-state index is -3.45. The SMILES string of the molecule is CCCS(=O)(=O)Oc1cccc(C(C)(C)CC)c1. The summed E-state index contributed by atoms with van der Waals surface area (Å²) in [6.07, 6.45) is 1.54. The molecule has 0 unspecified atom stereocenters. The first kappa shape index (κ1) is 15.0. The molecule has 0 atom stereocenters. The van der Waals surface area contributed by atoms with Crippen molar-refractivity contribution in [3.05, 3.63) is 29.8 Å². The first-order valence-corrected chi connectivity index (χ1v) is 7.91. The lowest BCUT2D eigenvalue weighted by atomic mass is 9.82. The zero-order chi connectivity index (χ0) is 13.8. The summed E-state index contributed by atoms with van der Waals surface area (Å²) < 4.78 is 28.3. The summed E-state index contributed by atoms with van der Waals surface area (Å²) in [4.78, 5) is 0. The Labute approximate surface area is 110 Å². The van der Waals surface area contributed by atoms with Crippen LogP contribution in [-0.2, 0) is 15.5 Å². The molecule has 0 N–H and O–H groups in total. The van der Waals surface area contributed by atoms with E-state index >= 15 is 0 Å². The van der Waals surface area contributed by atoms with Crippen molar-refractivity contribution in [1.29, 1.82) is 0 Å². The van der Waals surface area contributed by atoms with Crippen LogP contribution in [0.5, 0.6) is 5.75 Å². The first-order valence-electron chi connectivity index (χ1n) is 6.33. The van der Waals surface area contributed by atoms with Crippen molar-refractivity contribution in [2.24, 2.45) is 0 Å². The molecule has 0 fully saturated rings. The number of benzene rings is 1. The lowest BCUT2D eigenvalue weighted by molar-refractivity contribution is 0.477. The largest absolute Gasteiger partial charge is 0.382 e. The topological polar surface area (TPSA) is 43.4 Å². The second-order valence-electron chi connectivity index (χ2n) is 5.11. The van der Waals surface area contributed by atoms with Gasteiger partial charge < -0.3 is 4.18 Å². The molecule has 0 saturated carbocycles. The molecule has 18 heavy (non-hydrogen) atoms. The zero-order valence-electron chi connectivity index (χ0n) is 11.6. The molecule has 0 aromatic heterocycles. The van der Waals surface area contributed by atoms with Crippen molar-refractivity contribution >= 4 is 10.1 Å². The highest BCUT2D eigenvalue weighted by molar-refractivity contribution is 7.87. The predicted octanol–water partition coefficient (Wildman–Crippen LogP) is 3.49. The predicted molar refractivity (Wildman–Crippen MR) is 74.5 cm³/mol. The highest BCUT2D eigenvalue weighted by Crippen LogP contribution is 2.29. The van der Waals surface area contributed by atoms with Gasteiger partial charge in [-0.05, 0) is 36.0 Å². The van der Waals surface area contributed by atoms with Crippen LogP contribution in [0.3, 0.4) is 0 Å². The van der Waals surface area contributed by atoms with Crippen molar-refractivity contribution < 1.29 is 12.6 Å². The summed E-state index contributed by atoms with van der Waals surface area (Å²) in [7, 11) is -3.45. The summed E-state index contributed by atoms with van der Waals surface area (Å²) >= 11 is 0. The second-order valence-corrected chi connectivity index (χ2v) is 6.80. The van der Waals surface area contributed by atoms with E-state index < -0.39 is 10.1 Å². The van der Waals surface area contributed by atoms with E-state index in [1.165, 1.54) is 0 Å². The maximum Gasteiger partial charge on any atom is 0.309 e. The van der Waals surface area contributed by atoms with Crippen molar-refractivity contribution in [2.75, 3.05) is 5.75 Å².